The van der Waals surface area contributed by atoms with E-state index < -0.39 is 0 Å². The molecule has 0 aliphatic carbocycles. The van der Waals surface area contributed by atoms with Crippen LogP contribution in [-0.4, -0.2) is 0 Å². The van der Waals surface area contributed by atoms with Crippen LogP contribution in [-0.2, 0) is 0 Å². The van der Waals surface area contributed by atoms with Gasteiger partial charge in [-0.1, -0.05) is 12.1 Å². The largest absolute Gasteiger partial charge is 0.207 e. The fourth-order valence-corrected chi connectivity index (χ4v) is 2.10. The van der Waals surface area contributed by atoms with Crippen molar-refractivity contribution in [1.29, 1.82) is 0 Å². The highest BCUT2D eigenvalue weighted by atomic mass is 32.1. The van der Waals surface area contributed by atoms with Gasteiger partial charge in [0.2, 0.25) is 0 Å². The first-order valence-corrected chi connectivity index (χ1v) is 4.95. The molecule has 66 valence electrons. The molecule has 0 N–H and O–H groups in total. The van der Waals surface area contributed by atoms with Gasteiger partial charge in [-0.2, -0.15) is 0 Å². The quantitative estimate of drug-likeness (QED) is 0.643. The second-order valence-corrected chi connectivity index (χ2v) is 3.88. The normalized spacial score (nSPS) is 10.3. The molecular formula is C11H9FS. The maximum atomic E-state index is 12.9. The number of hydrogen-bond acceptors (Lipinski definition) is 1. The topological polar surface area (TPSA) is 0 Å². The van der Waals surface area contributed by atoms with Gasteiger partial charge in [0.25, 0.3) is 0 Å². The molecule has 0 saturated heterocycles. The molecule has 0 fully saturated rings. The number of thiophene rings is 1. The third-order valence-electron chi connectivity index (χ3n) is 1.99. The first kappa shape index (κ1) is 8.45. The first-order valence-electron chi connectivity index (χ1n) is 4.07. The van der Waals surface area contributed by atoms with E-state index in [-0.39, 0.29) is 5.82 Å². The smallest absolute Gasteiger partial charge is 0.123 e. The van der Waals surface area contributed by atoms with E-state index in [0.29, 0.717) is 0 Å². The Kier molecular flexibility index (Phi) is 2.15. The Hall–Kier alpha value is -1.15. The minimum atomic E-state index is -0.172. The van der Waals surface area contributed by atoms with Crippen LogP contribution in [0.25, 0.3) is 10.4 Å². The maximum Gasteiger partial charge on any atom is 0.123 e. The van der Waals surface area contributed by atoms with Crippen molar-refractivity contribution in [2.24, 2.45) is 0 Å². The molecular weight excluding hydrogens is 183 g/mol. The molecule has 0 atom stereocenters. The molecule has 0 bridgehead atoms. The lowest BCUT2D eigenvalue weighted by Gasteiger charge is -2.02. The summed E-state index contributed by atoms with van der Waals surface area (Å²) in [6.07, 6.45) is 0. The molecule has 0 unspecified atom stereocenters. The fraction of sp³-hybridized carbons (Fsp3) is 0.0909. The molecule has 0 saturated carbocycles. The average molecular weight is 192 g/mol. The van der Waals surface area contributed by atoms with E-state index in [0.717, 1.165) is 16.0 Å². The summed E-state index contributed by atoms with van der Waals surface area (Å²) < 4.78 is 12.9. The van der Waals surface area contributed by atoms with E-state index in [9.17, 15) is 4.39 Å². The van der Waals surface area contributed by atoms with Crippen molar-refractivity contribution in [2.45, 2.75) is 6.92 Å². The molecule has 0 spiro atoms. The van der Waals surface area contributed by atoms with Crippen LogP contribution in [0.15, 0.2) is 35.7 Å². The predicted octanol–water partition coefficient (Wildman–Crippen LogP) is 3.86. The van der Waals surface area contributed by atoms with Crippen molar-refractivity contribution in [3.8, 4) is 10.4 Å². The van der Waals surface area contributed by atoms with Gasteiger partial charge in [-0.25, -0.2) is 4.39 Å². The van der Waals surface area contributed by atoms with Gasteiger partial charge in [-0.05, 0) is 41.6 Å². The van der Waals surface area contributed by atoms with Crippen LogP contribution in [0.2, 0.25) is 0 Å². The standard InChI is InChI=1S/C11H9FS/c1-8-4-5-9(12)7-10(8)11-3-2-6-13-11/h2-7H,1H3. The lowest BCUT2D eigenvalue weighted by Crippen LogP contribution is -1.81. The van der Waals surface area contributed by atoms with Gasteiger partial charge in [-0.15, -0.1) is 11.3 Å². The zero-order valence-corrected chi connectivity index (χ0v) is 8.07. The Bertz CT molecular complexity index is 404. The average Bonchev–Trinajstić information content (AvgIpc) is 2.61. The fourth-order valence-electron chi connectivity index (χ4n) is 1.29. The van der Waals surface area contributed by atoms with Crippen LogP contribution in [0, 0.1) is 12.7 Å². The van der Waals surface area contributed by atoms with Crippen molar-refractivity contribution in [2.75, 3.05) is 0 Å². The molecule has 0 nitrogen and oxygen atoms in total. The van der Waals surface area contributed by atoms with Crippen LogP contribution >= 0.6 is 11.3 Å². The lowest BCUT2D eigenvalue weighted by atomic mass is 10.1. The Morgan fingerprint density at radius 1 is 1.23 bits per heavy atom. The van der Waals surface area contributed by atoms with Crippen molar-refractivity contribution >= 4 is 11.3 Å². The van der Waals surface area contributed by atoms with Gasteiger partial charge in [0, 0.05) is 4.88 Å². The summed E-state index contributed by atoms with van der Waals surface area (Å²) in [5, 5.41) is 2.00. The molecule has 0 radical (unpaired) electrons. The summed E-state index contributed by atoms with van der Waals surface area (Å²) in [6.45, 7) is 1.99. The summed E-state index contributed by atoms with van der Waals surface area (Å²) in [7, 11) is 0. The van der Waals surface area contributed by atoms with E-state index in [1.54, 1.807) is 17.4 Å². The zero-order valence-electron chi connectivity index (χ0n) is 7.25. The zero-order chi connectivity index (χ0) is 9.26. The summed E-state index contributed by atoms with van der Waals surface area (Å²) in [6, 6.07) is 8.87. The van der Waals surface area contributed by atoms with Crippen molar-refractivity contribution in [3.63, 3.8) is 0 Å². The Labute approximate surface area is 80.7 Å². The third-order valence-corrected chi connectivity index (χ3v) is 2.89. The molecule has 1 heterocycles. The monoisotopic (exact) mass is 192 g/mol. The highest BCUT2D eigenvalue weighted by Gasteiger charge is 2.03. The van der Waals surface area contributed by atoms with Crippen LogP contribution < -0.4 is 0 Å². The van der Waals surface area contributed by atoms with Crippen molar-refractivity contribution in [1.82, 2.24) is 0 Å². The second kappa shape index (κ2) is 3.30. The number of rotatable bonds is 1. The van der Waals surface area contributed by atoms with Gasteiger partial charge in [0.1, 0.15) is 5.82 Å². The lowest BCUT2D eigenvalue weighted by molar-refractivity contribution is 0.628. The van der Waals surface area contributed by atoms with Crippen LogP contribution in [0.3, 0.4) is 0 Å². The highest BCUT2D eigenvalue weighted by Crippen LogP contribution is 2.28. The summed E-state index contributed by atoms with van der Waals surface area (Å²) >= 11 is 1.63. The van der Waals surface area contributed by atoms with Crippen LogP contribution in [0.1, 0.15) is 5.56 Å². The van der Waals surface area contributed by atoms with E-state index in [4.69, 9.17) is 0 Å². The number of hydrogen-bond donors (Lipinski definition) is 0. The predicted molar refractivity (Wildman–Crippen MR) is 54.5 cm³/mol. The number of halogens is 1. The molecule has 2 heteroatoms. The van der Waals surface area contributed by atoms with Crippen LogP contribution in [0.5, 0.6) is 0 Å². The molecule has 0 amide bonds. The number of aryl methyl sites for hydroxylation is 1. The molecule has 2 rings (SSSR count). The first-order chi connectivity index (χ1) is 6.27. The summed E-state index contributed by atoms with van der Waals surface area (Å²) in [4.78, 5) is 1.12. The van der Waals surface area contributed by atoms with E-state index >= 15 is 0 Å². The van der Waals surface area contributed by atoms with Gasteiger partial charge in [-0.3, -0.25) is 0 Å². The van der Waals surface area contributed by atoms with Gasteiger partial charge in [0.15, 0.2) is 0 Å². The minimum Gasteiger partial charge on any atom is -0.207 e. The Balaban J connectivity index is 2.57. The maximum absolute atomic E-state index is 12.9. The van der Waals surface area contributed by atoms with E-state index in [1.165, 1.54) is 6.07 Å². The summed E-state index contributed by atoms with van der Waals surface area (Å²) in [5.41, 5.74) is 2.11. The van der Waals surface area contributed by atoms with Gasteiger partial charge in [0.05, 0.1) is 0 Å². The Morgan fingerprint density at radius 3 is 2.77 bits per heavy atom. The van der Waals surface area contributed by atoms with Crippen molar-refractivity contribution < 1.29 is 4.39 Å². The molecule has 1 aromatic carbocycles. The van der Waals surface area contributed by atoms with Crippen LogP contribution in [0.4, 0.5) is 4.39 Å². The third kappa shape index (κ3) is 1.63. The molecule has 0 aliphatic heterocycles. The molecule has 13 heavy (non-hydrogen) atoms. The molecule has 2 aromatic rings. The highest BCUT2D eigenvalue weighted by molar-refractivity contribution is 7.13. The van der Waals surface area contributed by atoms with Gasteiger partial charge >= 0.3 is 0 Å². The molecule has 1 aromatic heterocycles. The van der Waals surface area contributed by atoms with Gasteiger partial charge < -0.3 is 0 Å². The molecule has 0 aliphatic rings. The SMILES string of the molecule is Cc1ccc(F)cc1-c1cccs1. The van der Waals surface area contributed by atoms with E-state index in [1.807, 2.05) is 30.5 Å². The second-order valence-electron chi connectivity index (χ2n) is 2.94. The number of benzene rings is 1. The van der Waals surface area contributed by atoms with Crippen molar-refractivity contribution in [3.05, 3.63) is 47.1 Å². The Morgan fingerprint density at radius 2 is 2.08 bits per heavy atom. The minimum absolute atomic E-state index is 0.172. The van der Waals surface area contributed by atoms with E-state index in [2.05, 4.69) is 0 Å². The summed E-state index contributed by atoms with van der Waals surface area (Å²) in [5.74, 6) is -0.172.